The predicted octanol–water partition coefficient (Wildman–Crippen LogP) is 5.99. The molecule has 0 spiro atoms. The van der Waals surface area contributed by atoms with Gasteiger partial charge < -0.3 is 9.30 Å². The van der Waals surface area contributed by atoms with Gasteiger partial charge in [-0.15, -0.1) is 6.42 Å². The van der Waals surface area contributed by atoms with Gasteiger partial charge >= 0.3 is 0 Å². The maximum atomic E-state index is 5.67. The van der Waals surface area contributed by atoms with Crippen LogP contribution in [-0.4, -0.2) is 26.1 Å². The fraction of sp³-hybridized carbons (Fsp3) is 0.179. The van der Waals surface area contributed by atoms with Crippen LogP contribution < -0.4 is 4.74 Å². The van der Waals surface area contributed by atoms with Gasteiger partial charge in [-0.05, 0) is 41.8 Å². The van der Waals surface area contributed by atoms with Crippen LogP contribution in [0.3, 0.4) is 0 Å². The Hall–Kier alpha value is -4.17. The number of para-hydroxylation sites is 2. The molecule has 0 aliphatic rings. The molecule has 5 heteroatoms. The smallest absolute Gasteiger partial charge is 0.197 e. The van der Waals surface area contributed by atoms with Gasteiger partial charge in [-0.2, -0.15) is 0 Å². The number of benzene rings is 3. The van der Waals surface area contributed by atoms with E-state index in [9.17, 15) is 0 Å². The molecule has 0 N–H and O–H groups in total. The minimum Gasteiger partial charge on any atom is -0.481 e. The summed E-state index contributed by atoms with van der Waals surface area (Å²) in [7, 11) is 1.99. The Balaban J connectivity index is 1.73. The Morgan fingerprint density at radius 2 is 1.73 bits per heavy atom. The normalized spacial score (nSPS) is 11.2. The van der Waals surface area contributed by atoms with Crippen molar-refractivity contribution in [1.82, 2.24) is 19.5 Å². The Labute approximate surface area is 193 Å². The molecular formula is C28H24N4O. The molecule has 0 aliphatic heterocycles. The number of terminal acetylenes is 1. The molecule has 0 saturated carbocycles. The summed E-state index contributed by atoms with van der Waals surface area (Å²) < 4.78 is 7.70. The number of aryl methyl sites for hydroxylation is 1. The molecule has 5 aromatic rings. The van der Waals surface area contributed by atoms with E-state index in [1.165, 1.54) is 5.56 Å². The SMILES string of the molecule is C#CCOc1ccc2nc(-c3nc4ccccc4n3C)nc(-c3ccc(C(C)C)cc3)c2c1. The number of nitrogens with zero attached hydrogens (tertiary/aromatic N) is 4. The van der Waals surface area contributed by atoms with E-state index in [0.29, 0.717) is 17.5 Å². The summed E-state index contributed by atoms with van der Waals surface area (Å²) in [6, 6.07) is 22.4. The molecule has 0 saturated heterocycles. The molecule has 0 aliphatic carbocycles. The number of imidazole rings is 1. The zero-order valence-corrected chi connectivity index (χ0v) is 18.9. The molecule has 3 aromatic carbocycles. The monoisotopic (exact) mass is 432 g/mol. The zero-order chi connectivity index (χ0) is 22.9. The van der Waals surface area contributed by atoms with Crippen LogP contribution in [0, 0.1) is 12.3 Å². The lowest BCUT2D eigenvalue weighted by Gasteiger charge is -2.12. The molecule has 0 fully saturated rings. The lowest BCUT2D eigenvalue weighted by Crippen LogP contribution is -2.01. The Morgan fingerprint density at radius 1 is 0.939 bits per heavy atom. The van der Waals surface area contributed by atoms with Crippen molar-refractivity contribution in [2.75, 3.05) is 6.61 Å². The summed E-state index contributed by atoms with van der Waals surface area (Å²) in [6.07, 6.45) is 5.37. The second kappa shape index (κ2) is 8.40. The van der Waals surface area contributed by atoms with Crippen molar-refractivity contribution in [3.8, 4) is 41.0 Å². The molecule has 0 bridgehead atoms. The molecule has 0 unspecified atom stereocenters. The van der Waals surface area contributed by atoms with Crippen molar-refractivity contribution < 1.29 is 4.74 Å². The molecule has 162 valence electrons. The largest absolute Gasteiger partial charge is 0.481 e. The summed E-state index contributed by atoms with van der Waals surface area (Å²) in [6.45, 7) is 4.59. The van der Waals surface area contributed by atoms with Gasteiger partial charge in [0.2, 0.25) is 0 Å². The number of fused-ring (bicyclic) bond motifs is 2. The Kier molecular flexibility index (Phi) is 5.27. The van der Waals surface area contributed by atoms with Gasteiger partial charge in [0.05, 0.1) is 22.2 Å². The first-order valence-electron chi connectivity index (χ1n) is 11.0. The first kappa shape index (κ1) is 20.7. The van der Waals surface area contributed by atoms with Gasteiger partial charge in [0, 0.05) is 18.0 Å². The summed E-state index contributed by atoms with van der Waals surface area (Å²) in [5.41, 5.74) is 5.91. The topological polar surface area (TPSA) is 52.8 Å². The van der Waals surface area contributed by atoms with Crippen molar-refractivity contribution in [2.24, 2.45) is 7.05 Å². The quantitative estimate of drug-likeness (QED) is 0.320. The number of hydrogen-bond acceptors (Lipinski definition) is 4. The van der Waals surface area contributed by atoms with Crippen LogP contribution in [0.25, 0.3) is 44.8 Å². The number of aromatic nitrogens is 4. The number of ether oxygens (including phenoxy) is 1. The lowest BCUT2D eigenvalue weighted by atomic mass is 9.99. The second-order valence-electron chi connectivity index (χ2n) is 8.33. The molecular weight excluding hydrogens is 408 g/mol. The van der Waals surface area contributed by atoms with Crippen LogP contribution in [0.4, 0.5) is 0 Å². The molecule has 2 heterocycles. The molecule has 2 aromatic heterocycles. The highest BCUT2D eigenvalue weighted by atomic mass is 16.5. The van der Waals surface area contributed by atoms with E-state index in [1.807, 2.05) is 54.1 Å². The second-order valence-corrected chi connectivity index (χ2v) is 8.33. The highest BCUT2D eigenvalue weighted by Gasteiger charge is 2.17. The van der Waals surface area contributed by atoms with Gasteiger partial charge in [0.25, 0.3) is 0 Å². The third kappa shape index (κ3) is 3.81. The van der Waals surface area contributed by atoms with Crippen molar-refractivity contribution >= 4 is 21.9 Å². The molecule has 5 nitrogen and oxygen atoms in total. The van der Waals surface area contributed by atoms with E-state index in [4.69, 9.17) is 26.1 Å². The minimum absolute atomic E-state index is 0.211. The van der Waals surface area contributed by atoms with E-state index in [0.717, 1.165) is 39.0 Å². The van der Waals surface area contributed by atoms with Gasteiger partial charge in [0.1, 0.15) is 12.4 Å². The summed E-state index contributed by atoms with van der Waals surface area (Å²) in [4.78, 5) is 14.7. The van der Waals surface area contributed by atoms with Crippen LogP contribution in [0.2, 0.25) is 0 Å². The van der Waals surface area contributed by atoms with Crippen LogP contribution in [0.5, 0.6) is 5.75 Å². The van der Waals surface area contributed by atoms with E-state index < -0.39 is 0 Å². The van der Waals surface area contributed by atoms with Gasteiger partial charge in [-0.25, -0.2) is 15.0 Å². The van der Waals surface area contributed by atoms with Gasteiger partial charge in [-0.1, -0.05) is 56.2 Å². The van der Waals surface area contributed by atoms with Gasteiger partial charge in [0.15, 0.2) is 11.6 Å². The van der Waals surface area contributed by atoms with Crippen LogP contribution in [-0.2, 0) is 7.05 Å². The maximum absolute atomic E-state index is 5.67. The lowest BCUT2D eigenvalue weighted by molar-refractivity contribution is 0.371. The van der Waals surface area contributed by atoms with E-state index in [1.54, 1.807) is 0 Å². The molecule has 0 amide bonds. The average Bonchev–Trinajstić information content (AvgIpc) is 3.18. The van der Waals surface area contributed by atoms with E-state index >= 15 is 0 Å². The van der Waals surface area contributed by atoms with Crippen molar-refractivity contribution in [2.45, 2.75) is 19.8 Å². The summed E-state index contributed by atoms with van der Waals surface area (Å²) in [5, 5.41) is 0.907. The highest BCUT2D eigenvalue weighted by Crippen LogP contribution is 2.32. The standard InChI is InChI=1S/C28H24N4O/c1-5-16-33-21-14-15-23-22(17-21)26(20-12-10-19(11-13-20)18(2)3)31-27(29-23)28-30-24-8-6-7-9-25(24)32(28)4/h1,6-15,17-18H,16H2,2-4H3. The fourth-order valence-corrected chi connectivity index (χ4v) is 4.01. The van der Waals surface area contributed by atoms with Crippen molar-refractivity contribution in [1.29, 1.82) is 0 Å². The predicted molar refractivity (Wildman–Crippen MR) is 133 cm³/mol. The maximum Gasteiger partial charge on any atom is 0.197 e. The van der Waals surface area contributed by atoms with Crippen molar-refractivity contribution in [3.05, 3.63) is 72.3 Å². The van der Waals surface area contributed by atoms with E-state index in [2.05, 4.69) is 44.0 Å². The molecule has 0 atom stereocenters. The third-order valence-corrected chi connectivity index (χ3v) is 5.83. The Bertz CT molecular complexity index is 1510. The molecule has 5 rings (SSSR count). The first-order valence-corrected chi connectivity index (χ1v) is 11.0. The fourth-order valence-electron chi connectivity index (χ4n) is 4.01. The minimum atomic E-state index is 0.211. The molecule has 0 radical (unpaired) electrons. The number of rotatable bonds is 5. The first-order chi connectivity index (χ1) is 16.0. The number of hydrogen-bond donors (Lipinski definition) is 0. The highest BCUT2D eigenvalue weighted by molar-refractivity contribution is 5.94. The third-order valence-electron chi connectivity index (χ3n) is 5.83. The van der Waals surface area contributed by atoms with Crippen LogP contribution in [0.1, 0.15) is 25.3 Å². The van der Waals surface area contributed by atoms with Crippen molar-refractivity contribution in [3.63, 3.8) is 0 Å². The van der Waals surface area contributed by atoms with E-state index in [-0.39, 0.29) is 6.61 Å². The molecule has 33 heavy (non-hydrogen) atoms. The van der Waals surface area contributed by atoms with Gasteiger partial charge in [-0.3, -0.25) is 0 Å². The van der Waals surface area contributed by atoms with Crippen LogP contribution >= 0.6 is 0 Å². The van der Waals surface area contributed by atoms with Crippen LogP contribution in [0.15, 0.2) is 66.7 Å². The average molecular weight is 433 g/mol. The summed E-state index contributed by atoms with van der Waals surface area (Å²) in [5.74, 6) is 4.98. The zero-order valence-electron chi connectivity index (χ0n) is 18.9. The Morgan fingerprint density at radius 3 is 2.45 bits per heavy atom. The summed E-state index contributed by atoms with van der Waals surface area (Å²) >= 11 is 0.